The lowest BCUT2D eigenvalue weighted by atomic mass is 9.83. The summed E-state index contributed by atoms with van der Waals surface area (Å²) in [6, 6.07) is 20.3. The van der Waals surface area contributed by atoms with Gasteiger partial charge in [0, 0.05) is 12.5 Å². The van der Waals surface area contributed by atoms with Crippen molar-refractivity contribution in [3.05, 3.63) is 71.8 Å². The molecule has 0 saturated carbocycles. The van der Waals surface area contributed by atoms with Gasteiger partial charge in [-0.3, -0.25) is 0 Å². The Bertz CT molecular complexity index is 734. The summed E-state index contributed by atoms with van der Waals surface area (Å²) < 4.78 is 26.9. The third-order valence-electron chi connectivity index (χ3n) is 4.46. The Morgan fingerprint density at radius 2 is 1.33 bits per heavy atom. The van der Waals surface area contributed by atoms with Crippen LogP contribution in [0.15, 0.2) is 60.7 Å². The summed E-state index contributed by atoms with van der Waals surface area (Å²) in [5, 5.41) is 0. The van der Waals surface area contributed by atoms with E-state index < -0.39 is 14.8 Å². The predicted molar refractivity (Wildman–Crippen MR) is 101 cm³/mol. The molecular weight excluding hydrogens is 318 g/mol. The minimum absolute atomic E-state index is 0.0747. The van der Waals surface area contributed by atoms with E-state index in [-0.39, 0.29) is 11.8 Å². The molecule has 0 aromatic heterocycles. The van der Waals surface area contributed by atoms with Crippen LogP contribution in [-0.2, 0) is 10.0 Å². The van der Waals surface area contributed by atoms with Crippen LogP contribution in [0.2, 0.25) is 0 Å². The zero-order valence-electron chi connectivity index (χ0n) is 14.9. The van der Waals surface area contributed by atoms with Gasteiger partial charge in [-0.25, -0.2) is 13.1 Å². The summed E-state index contributed by atoms with van der Waals surface area (Å²) >= 11 is 0. The van der Waals surface area contributed by atoms with Gasteiger partial charge in [-0.15, -0.1) is 0 Å². The minimum Gasteiger partial charge on any atom is -0.214 e. The Balaban J connectivity index is 2.28. The van der Waals surface area contributed by atoms with Crippen LogP contribution in [-0.4, -0.2) is 19.7 Å². The molecule has 0 amide bonds. The van der Waals surface area contributed by atoms with E-state index >= 15 is 0 Å². The fourth-order valence-corrected chi connectivity index (χ4v) is 3.52. The van der Waals surface area contributed by atoms with Gasteiger partial charge in [-0.2, -0.15) is 0 Å². The molecule has 0 aliphatic heterocycles. The second-order valence-corrected chi connectivity index (χ2v) is 9.70. The highest BCUT2D eigenvalue weighted by molar-refractivity contribution is 7.90. The van der Waals surface area contributed by atoms with Gasteiger partial charge >= 0.3 is 0 Å². The first-order valence-electron chi connectivity index (χ1n) is 8.31. The van der Waals surface area contributed by atoms with E-state index in [0.29, 0.717) is 6.54 Å². The van der Waals surface area contributed by atoms with E-state index in [1.807, 2.05) is 36.4 Å². The van der Waals surface area contributed by atoms with Crippen LogP contribution in [0, 0.1) is 0 Å². The van der Waals surface area contributed by atoms with E-state index in [1.165, 1.54) is 5.56 Å². The molecule has 0 saturated heterocycles. The molecule has 2 unspecified atom stereocenters. The van der Waals surface area contributed by atoms with Crippen molar-refractivity contribution >= 4 is 10.0 Å². The van der Waals surface area contributed by atoms with Crippen LogP contribution in [0.1, 0.15) is 50.7 Å². The van der Waals surface area contributed by atoms with Crippen molar-refractivity contribution in [2.75, 3.05) is 6.54 Å². The quantitative estimate of drug-likeness (QED) is 0.849. The number of hydrogen-bond donors (Lipinski definition) is 1. The summed E-state index contributed by atoms with van der Waals surface area (Å²) in [7, 11) is -3.37. The molecule has 0 aliphatic carbocycles. The molecule has 0 bridgehead atoms. The number of nitrogens with one attached hydrogen (secondary N) is 1. The van der Waals surface area contributed by atoms with Crippen molar-refractivity contribution in [3.8, 4) is 0 Å². The summed E-state index contributed by atoms with van der Waals surface area (Å²) in [4.78, 5) is 0. The molecule has 2 rings (SSSR count). The highest BCUT2D eigenvalue weighted by atomic mass is 32.2. The van der Waals surface area contributed by atoms with Gasteiger partial charge < -0.3 is 0 Å². The Morgan fingerprint density at radius 1 is 0.875 bits per heavy atom. The van der Waals surface area contributed by atoms with E-state index in [4.69, 9.17) is 0 Å². The second-order valence-electron chi connectivity index (χ2n) is 7.18. The standard InChI is InChI=1S/C20H27NO2S/c1-16(17-11-7-5-8-12-17)19(18-13-9-6-10-14-18)15-21-24(22,23)20(2,3)4/h5-14,16,19,21H,15H2,1-4H3. The highest BCUT2D eigenvalue weighted by Gasteiger charge is 2.30. The fourth-order valence-electron chi connectivity index (χ4n) is 2.69. The van der Waals surface area contributed by atoms with Crippen LogP contribution < -0.4 is 4.72 Å². The number of rotatable bonds is 6. The van der Waals surface area contributed by atoms with Crippen molar-refractivity contribution in [3.63, 3.8) is 0 Å². The van der Waals surface area contributed by atoms with Gasteiger partial charge in [0.15, 0.2) is 0 Å². The van der Waals surface area contributed by atoms with Crippen LogP contribution in [0.4, 0.5) is 0 Å². The van der Waals surface area contributed by atoms with Gasteiger partial charge in [-0.05, 0) is 37.8 Å². The summed E-state index contributed by atoms with van der Waals surface area (Å²) in [5.41, 5.74) is 2.35. The first-order valence-corrected chi connectivity index (χ1v) is 9.80. The maximum Gasteiger partial charge on any atom is 0.216 e. The Kier molecular flexibility index (Phi) is 5.83. The van der Waals surface area contributed by atoms with Crippen molar-refractivity contribution < 1.29 is 8.42 Å². The molecule has 0 fully saturated rings. The lowest BCUT2D eigenvalue weighted by molar-refractivity contribution is 0.518. The molecule has 2 atom stereocenters. The topological polar surface area (TPSA) is 46.2 Å². The summed E-state index contributed by atoms with van der Waals surface area (Å²) in [6.07, 6.45) is 0. The van der Waals surface area contributed by atoms with Gasteiger partial charge in [0.25, 0.3) is 0 Å². The lowest BCUT2D eigenvalue weighted by Crippen LogP contribution is -2.41. The molecule has 3 nitrogen and oxygen atoms in total. The SMILES string of the molecule is CC(c1ccccc1)C(CNS(=O)(=O)C(C)(C)C)c1ccccc1. The zero-order valence-corrected chi connectivity index (χ0v) is 15.7. The molecule has 24 heavy (non-hydrogen) atoms. The molecule has 0 radical (unpaired) electrons. The Morgan fingerprint density at radius 3 is 1.79 bits per heavy atom. The molecule has 130 valence electrons. The number of sulfonamides is 1. The molecule has 2 aromatic rings. The average Bonchev–Trinajstić information content (AvgIpc) is 2.55. The molecule has 2 aromatic carbocycles. The van der Waals surface area contributed by atoms with Crippen LogP contribution in [0.5, 0.6) is 0 Å². The first kappa shape index (κ1) is 18.7. The number of hydrogen-bond acceptors (Lipinski definition) is 2. The predicted octanol–water partition coefficient (Wildman–Crippen LogP) is 4.29. The van der Waals surface area contributed by atoms with Gasteiger partial charge in [0.1, 0.15) is 0 Å². The second kappa shape index (κ2) is 7.49. The van der Waals surface area contributed by atoms with Gasteiger partial charge in [-0.1, -0.05) is 67.6 Å². The lowest BCUT2D eigenvalue weighted by Gasteiger charge is -2.27. The normalized spacial score (nSPS) is 15.0. The van der Waals surface area contributed by atoms with Crippen LogP contribution in [0.3, 0.4) is 0 Å². The maximum absolute atomic E-state index is 12.4. The Hall–Kier alpha value is -1.65. The number of benzene rings is 2. The monoisotopic (exact) mass is 345 g/mol. The van der Waals surface area contributed by atoms with Crippen molar-refractivity contribution in [1.29, 1.82) is 0 Å². The average molecular weight is 346 g/mol. The Labute approximate surface area is 146 Å². The third-order valence-corrected chi connectivity index (χ3v) is 6.62. The molecule has 4 heteroatoms. The van der Waals surface area contributed by atoms with Crippen molar-refractivity contribution in [2.24, 2.45) is 0 Å². The fraction of sp³-hybridized carbons (Fsp3) is 0.400. The third kappa shape index (κ3) is 4.46. The van der Waals surface area contributed by atoms with Gasteiger partial charge in [0.05, 0.1) is 4.75 Å². The largest absolute Gasteiger partial charge is 0.216 e. The molecule has 0 heterocycles. The van der Waals surface area contributed by atoms with Gasteiger partial charge in [0.2, 0.25) is 10.0 Å². The van der Waals surface area contributed by atoms with Crippen LogP contribution >= 0.6 is 0 Å². The molecule has 1 N–H and O–H groups in total. The maximum atomic E-state index is 12.4. The molecule has 0 aliphatic rings. The highest BCUT2D eigenvalue weighted by Crippen LogP contribution is 2.32. The molecule has 0 spiro atoms. The van der Waals surface area contributed by atoms with E-state index in [1.54, 1.807) is 20.8 Å². The van der Waals surface area contributed by atoms with E-state index in [2.05, 4.69) is 35.9 Å². The van der Waals surface area contributed by atoms with Crippen molar-refractivity contribution in [2.45, 2.75) is 44.3 Å². The smallest absolute Gasteiger partial charge is 0.214 e. The van der Waals surface area contributed by atoms with E-state index in [9.17, 15) is 8.42 Å². The summed E-state index contributed by atoms with van der Waals surface area (Å²) in [6.45, 7) is 7.69. The van der Waals surface area contributed by atoms with Crippen LogP contribution in [0.25, 0.3) is 0 Å². The minimum atomic E-state index is -3.37. The van der Waals surface area contributed by atoms with Crippen molar-refractivity contribution in [1.82, 2.24) is 4.72 Å². The zero-order chi connectivity index (χ0) is 17.8. The summed E-state index contributed by atoms with van der Waals surface area (Å²) in [5.74, 6) is 0.280. The molecular formula is C20H27NO2S. The first-order chi connectivity index (χ1) is 11.2. The van der Waals surface area contributed by atoms with E-state index in [0.717, 1.165) is 5.56 Å².